The van der Waals surface area contributed by atoms with Gasteiger partial charge >= 0.3 is 5.97 Å². The van der Waals surface area contributed by atoms with Crippen molar-refractivity contribution in [3.05, 3.63) is 29.8 Å². The molecule has 0 aliphatic carbocycles. The van der Waals surface area contributed by atoms with Gasteiger partial charge in [0.15, 0.2) is 6.10 Å². The van der Waals surface area contributed by atoms with Crippen molar-refractivity contribution in [3.63, 3.8) is 0 Å². The molecule has 1 aromatic rings. The first-order chi connectivity index (χ1) is 9.17. The van der Waals surface area contributed by atoms with E-state index in [1.54, 1.807) is 14.0 Å². The first-order valence-corrected chi connectivity index (χ1v) is 6.20. The highest BCUT2D eigenvalue weighted by molar-refractivity contribution is 5.74. The number of benzene rings is 1. The fourth-order valence-corrected chi connectivity index (χ4v) is 1.55. The summed E-state index contributed by atoms with van der Waals surface area (Å²) < 4.78 is 15.1. The standard InChI is InChI=1S/C14H21NO4/c1-11(14(16)18-3)19-13-6-4-5-12(9-13)10-15-7-8-17-2/h4-6,9,11,15H,7-8,10H2,1-3H3. The molecule has 0 aliphatic rings. The van der Waals surface area contributed by atoms with Crippen LogP contribution in [0, 0.1) is 0 Å². The highest BCUT2D eigenvalue weighted by Crippen LogP contribution is 2.15. The fourth-order valence-electron chi connectivity index (χ4n) is 1.55. The van der Waals surface area contributed by atoms with Gasteiger partial charge in [-0.3, -0.25) is 0 Å². The van der Waals surface area contributed by atoms with E-state index in [1.807, 2.05) is 24.3 Å². The highest BCUT2D eigenvalue weighted by atomic mass is 16.6. The molecule has 0 saturated carbocycles. The van der Waals surface area contributed by atoms with E-state index in [0.29, 0.717) is 12.4 Å². The largest absolute Gasteiger partial charge is 0.479 e. The summed E-state index contributed by atoms with van der Waals surface area (Å²) in [4.78, 5) is 11.3. The SMILES string of the molecule is COCCNCc1cccc(OC(C)C(=O)OC)c1. The number of rotatable bonds is 8. The van der Waals surface area contributed by atoms with Gasteiger partial charge < -0.3 is 19.5 Å². The molecular formula is C14H21NO4. The molecule has 1 N–H and O–H groups in total. The van der Waals surface area contributed by atoms with Gasteiger partial charge in [0.2, 0.25) is 0 Å². The summed E-state index contributed by atoms with van der Waals surface area (Å²) >= 11 is 0. The number of esters is 1. The van der Waals surface area contributed by atoms with E-state index in [-0.39, 0.29) is 5.97 Å². The Morgan fingerprint density at radius 1 is 1.37 bits per heavy atom. The third-order valence-electron chi connectivity index (χ3n) is 2.56. The predicted octanol–water partition coefficient (Wildman–Crippen LogP) is 1.36. The lowest BCUT2D eigenvalue weighted by atomic mass is 10.2. The Bertz CT molecular complexity index is 395. The fraction of sp³-hybridized carbons (Fsp3) is 0.500. The van der Waals surface area contributed by atoms with Crippen LogP contribution in [0.1, 0.15) is 12.5 Å². The minimum absolute atomic E-state index is 0.386. The number of hydrogen-bond donors (Lipinski definition) is 1. The summed E-state index contributed by atoms with van der Waals surface area (Å²) in [5.74, 6) is 0.271. The molecule has 0 saturated heterocycles. The molecule has 0 aromatic heterocycles. The third kappa shape index (κ3) is 5.72. The smallest absolute Gasteiger partial charge is 0.346 e. The van der Waals surface area contributed by atoms with Crippen LogP contribution in [-0.2, 0) is 20.8 Å². The second-order valence-corrected chi connectivity index (χ2v) is 4.10. The Morgan fingerprint density at radius 2 is 2.16 bits per heavy atom. The van der Waals surface area contributed by atoms with Gasteiger partial charge in [0.25, 0.3) is 0 Å². The van der Waals surface area contributed by atoms with Crippen molar-refractivity contribution in [3.8, 4) is 5.75 Å². The maximum Gasteiger partial charge on any atom is 0.346 e. The Labute approximate surface area is 113 Å². The number of carbonyl (C=O) groups excluding carboxylic acids is 1. The second kappa shape index (κ2) is 8.50. The van der Waals surface area contributed by atoms with E-state index in [1.165, 1.54) is 7.11 Å². The normalized spacial score (nSPS) is 11.9. The second-order valence-electron chi connectivity index (χ2n) is 4.10. The van der Waals surface area contributed by atoms with Crippen LogP contribution in [0.4, 0.5) is 0 Å². The molecule has 1 aromatic carbocycles. The summed E-state index contributed by atoms with van der Waals surface area (Å²) in [7, 11) is 3.02. The summed E-state index contributed by atoms with van der Waals surface area (Å²) in [6.07, 6.45) is -0.610. The molecule has 5 heteroatoms. The lowest BCUT2D eigenvalue weighted by Gasteiger charge is -2.13. The average Bonchev–Trinajstić information content (AvgIpc) is 2.43. The van der Waals surface area contributed by atoms with Gasteiger partial charge in [0.1, 0.15) is 5.75 Å². The zero-order chi connectivity index (χ0) is 14.1. The summed E-state index contributed by atoms with van der Waals surface area (Å²) in [6.45, 7) is 3.86. The quantitative estimate of drug-likeness (QED) is 0.569. The zero-order valence-corrected chi connectivity index (χ0v) is 11.6. The first-order valence-electron chi connectivity index (χ1n) is 6.20. The molecular weight excluding hydrogens is 246 g/mol. The average molecular weight is 267 g/mol. The van der Waals surface area contributed by atoms with Crippen molar-refractivity contribution in [1.82, 2.24) is 5.32 Å². The first kappa shape index (κ1) is 15.5. The van der Waals surface area contributed by atoms with Crippen LogP contribution in [0.15, 0.2) is 24.3 Å². The van der Waals surface area contributed by atoms with Gasteiger partial charge in [-0.05, 0) is 24.6 Å². The number of ether oxygens (including phenoxy) is 3. The molecule has 0 bridgehead atoms. The predicted molar refractivity (Wildman–Crippen MR) is 72.1 cm³/mol. The van der Waals surface area contributed by atoms with Gasteiger partial charge in [-0.2, -0.15) is 0 Å². The van der Waals surface area contributed by atoms with Crippen molar-refractivity contribution in [2.45, 2.75) is 19.6 Å². The van der Waals surface area contributed by atoms with Gasteiger partial charge in [0, 0.05) is 20.2 Å². The van der Waals surface area contributed by atoms with E-state index < -0.39 is 6.10 Å². The van der Waals surface area contributed by atoms with Crippen LogP contribution in [0.5, 0.6) is 5.75 Å². The topological polar surface area (TPSA) is 56.8 Å². The van der Waals surface area contributed by atoms with Crippen molar-refractivity contribution in [2.24, 2.45) is 0 Å². The van der Waals surface area contributed by atoms with Crippen LogP contribution in [0.25, 0.3) is 0 Å². The lowest BCUT2D eigenvalue weighted by Crippen LogP contribution is -2.25. The van der Waals surface area contributed by atoms with Crippen LogP contribution >= 0.6 is 0 Å². The van der Waals surface area contributed by atoms with E-state index in [0.717, 1.165) is 18.7 Å². The van der Waals surface area contributed by atoms with E-state index in [2.05, 4.69) is 10.1 Å². The zero-order valence-electron chi connectivity index (χ0n) is 11.6. The Morgan fingerprint density at radius 3 is 2.84 bits per heavy atom. The van der Waals surface area contributed by atoms with Gasteiger partial charge in [-0.1, -0.05) is 12.1 Å². The van der Waals surface area contributed by atoms with Crippen molar-refractivity contribution in [1.29, 1.82) is 0 Å². The van der Waals surface area contributed by atoms with Crippen LogP contribution in [0.2, 0.25) is 0 Å². The maximum atomic E-state index is 11.3. The summed E-state index contributed by atoms with van der Waals surface area (Å²) in [6, 6.07) is 7.61. The minimum Gasteiger partial charge on any atom is -0.479 e. The molecule has 0 heterocycles. The Balaban J connectivity index is 2.49. The van der Waals surface area contributed by atoms with Crippen molar-refractivity contribution in [2.75, 3.05) is 27.4 Å². The Kier molecular flexibility index (Phi) is 6.92. The van der Waals surface area contributed by atoms with Gasteiger partial charge in [-0.15, -0.1) is 0 Å². The molecule has 0 radical (unpaired) electrons. The lowest BCUT2D eigenvalue weighted by molar-refractivity contribution is -0.147. The highest BCUT2D eigenvalue weighted by Gasteiger charge is 2.14. The number of hydrogen-bond acceptors (Lipinski definition) is 5. The number of methoxy groups -OCH3 is 2. The van der Waals surface area contributed by atoms with Crippen molar-refractivity contribution < 1.29 is 19.0 Å². The molecule has 1 atom stereocenters. The van der Waals surface area contributed by atoms with Crippen LogP contribution in [-0.4, -0.2) is 39.4 Å². The molecule has 5 nitrogen and oxygen atoms in total. The summed E-state index contributed by atoms with van der Waals surface area (Å²) in [5, 5.41) is 3.24. The molecule has 1 unspecified atom stereocenters. The molecule has 0 aliphatic heterocycles. The molecule has 0 amide bonds. The monoisotopic (exact) mass is 267 g/mol. The molecule has 0 spiro atoms. The molecule has 19 heavy (non-hydrogen) atoms. The van der Waals surface area contributed by atoms with E-state index in [9.17, 15) is 4.79 Å². The molecule has 1 rings (SSSR count). The Hall–Kier alpha value is -1.59. The minimum atomic E-state index is -0.610. The van der Waals surface area contributed by atoms with E-state index in [4.69, 9.17) is 9.47 Å². The molecule has 106 valence electrons. The van der Waals surface area contributed by atoms with E-state index >= 15 is 0 Å². The van der Waals surface area contributed by atoms with Crippen molar-refractivity contribution >= 4 is 5.97 Å². The third-order valence-corrected chi connectivity index (χ3v) is 2.56. The van der Waals surface area contributed by atoms with Crippen LogP contribution in [0.3, 0.4) is 0 Å². The number of nitrogens with one attached hydrogen (secondary N) is 1. The van der Waals surface area contributed by atoms with Gasteiger partial charge in [0.05, 0.1) is 13.7 Å². The summed E-state index contributed by atoms with van der Waals surface area (Å²) in [5.41, 5.74) is 1.09. The molecule has 0 fully saturated rings. The van der Waals surface area contributed by atoms with Gasteiger partial charge in [-0.25, -0.2) is 4.79 Å². The maximum absolute atomic E-state index is 11.3. The number of carbonyl (C=O) groups is 1. The van der Waals surface area contributed by atoms with Crippen LogP contribution < -0.4 is 10.1 Å².